The zero-order chi connectivity index (χ0) is 11.9. The number of rotatable bonds is 1. The van der Waals surface area contributed by atoms with E-state index < -0.39 is 0 Å². The van der Waals surface area contributed by atoms with E-state index in [1.54, 1.807) is 6.33 Å². The van der Waals surface area contributed by atoms with Gasteiger partial charge in [0.25, 0.3) is 0 Å². The number of fused-ring (bicyclic) bond motifs is 2. The lowest BCUT2D eigenvalue weighted by Gasteiger charge is -2.22. The summed E-state index contributed by atoms with van der Waals surface area (Å²) >= 11 is 0. The third-order valence-electron chi connectivity index (χ3n) is 4.50. The third kappa shape index (κ3) is 1.50. The van der Waals surface area contributed by atoms with Crippen LogP contribution in [0.3, 0.4) is 0 Å². The molecule has 2 aliphatic rings. The maximum absolute atomic E-state index is 4.47. The van der Waals surface area contributed by atoms with Gasteiger partial charge < -0.3 is 4.90 Å². The summed E-state index contributed by atoms with van der Waals surface area (Å²) in [5, 5.41) is 8.04. The molecule has 94 valence electrons. The van der Waals surface area contributed by atoms with Crippen molar-refractivity contribution in [1.29, 1.82) is 0 Å². The van der Waals surface area contributed by atoms with Gasteiger partial charge in [-0.1, -0.05) is 12.8 Å². The minimum Gasteiger partial charge on any atom is -0.355 e. The van der Waals surface area contributed by atoms with E-state index in [4.69, 9.17) is 0 Å². The second-order valence-corrected chi connectivity index (χ2v) is 5.54. The quantitative estimate of drug-likeness (QED) is 0.832. The first kappa shape index (κ1) is 10.3. The number of nitrogens with zero attached hydrogens (tertiary/aromatic N) is 4. The minimum absolute atomic E-state index is 0.842. The number of H-pyrrole nitrogens is 1. The highest BCUT2D eigenvalue weighted by Crippen LogP contribution is 2.38. The van der Waals surface area contributed by atoms with Gasteiger partial charge in [-0.15, -0.1) is 0 Å². The summed E-state index contributed by atoms with van der Waals surface area (Å²) in [6, 6.07) is 0. The van der Waals surface area contributed by atoms with Gasteiger partial charge in [-0.05, 0) is 24.7 Å². The number of aromatic amines is 1. The van der Waals surface area contributed by atoms with Crippen LogP contribution in [0, 0.1) is 11.8 Å². The van der Waals surface area contributed by atoms with Crippen LogP contribution in [-0.2, 0) is 0 Å². The second-order valence-electron chi connectivity index (χ2n) is 5.54. The first-order chi connectivity index (χ1) is 8.92. The Morgan fingerprint density at radius 3 is 2.67 bits per heavy atom. The van der Waals surface area contributed by atoms with Gasteiger partial charge in [-0.25, -0.2) is 9.97 Å². The van der Waals surface area contributed by atoms with Crippen LogP contribution in [0.4, 0.5) is 5.82 Å². The predicted octanol–water partition coefficient (Wildman–Crippen LogP) is 1.98. The number of aromatic nitrogens is 4. The molecule has 1 saturated heterocycles. The van der Waals surface area contributed by atoms with E-state index in [1.165, 1.54) is 25.7 Å². The first-order valence-electron chi connectivity index (χ1n) is 6.81. The Balaban J connectivity index is 1.69. The SMILES string of the molecule is c1nc(N2CC3CCCCC3C2)c2cn[nH]c2n1. The maximum atomic E-state index is 4.47. The smallest absolute Gasteiger partial charge is 0.160 e. The normalized spacial score (nSPS) is 27.7. The number of hydrogen-bond donors (Lipinski definition) is 1. The van der Waals surface area contributed by atoms with Crippen molar-refractivity contribution in [3.05, 3.63) is 12.5 Å². The monoisotopic (exact) mass is 243 g/mol. The summed E-state index contributed by atoms with van der Waals surface area (Å²) in [7, 11) is 0. The molecule has 2 fully saturated rings. The van der Waals surface area contributed by atoms with Crippen molar-refractivity contribution >= 4 is 16.9 Å². The Bertz CT molecular complexity index is 549. The van der Waals surface area contributed by atoms with E-state index in [9.17, 15) is 0 Å². The Labute approximate surface area is 106 Å². The van der Waals surface area contributed by atoms with Gasteiger partial charge in [0.05, 0.1) is 11.6 Å². The average molecular weight is 243 g/mol. The van der Waals surface area contributed by atoms with E-state index >= 15 is 0 Å². The molecule has 2 atom stereocenters. The highest BCUT2D eigenvalue weighted by molar-refractivity contribution is 5.86. The summed E-state index contributed by atoms with van der Waals surface area (Å²) < 4.78 is 0. The van der Waals surface area contributed by atoms with Crippen molar-refractivity contribution in [3.8, 4) is 0 Å². The van der Waals surface area contributed by atoms with E-state index in [-0.39, 0.29) is 0 Å². The molecule has 1 aliphatic heterocycles. The van der Waals surface area contributed by atoms with Crippen molar-refractivity contribution in [3.63, 3.8) is 0 Å². The van der Waals surface area contributed by atoms with Crippen molar-refractivity contribution in [2.75, 3.05) is 18.0 Å². The Hall–Kier alpha value is -1.65. The lowest BCUT2D eigenvalue weighted by Crippen LogP contribution is -2.21. The summed E-state index contributed by atoms with van der Waals surface area (Å²) in [5.41, 5.74) is 0.842. The fourth-order valence-corrected chi connectivity index (χ4v) is 3.58. The maximum Gasteiger partial charge on any atom is 0.160 e. The summed E-state index contributed by atoms with van der Waals surface area (Å²) in [5.74, 6) is 2.80. The lowest BCUT2D eigenvalue weighted by molar-refractivity contribution is 0.299. The van der Waals surface area contributed by atoms with Crippen LogP contribution >= 0.6 is 0 Å². The van der Waals surface area contributed by atoms with Crippen molar-refractivity contribution in [2.24, 2.45) is 11.8 Å². The molecule has 1 saturated carbocycles. The van der Waals surface area contributed by atoms with Gasteiger partial charge in [0, 0.05) is 13.1 Å². The average Bonchev–Trinajstić information content (AvgIpc) is 3.04. The fraction of sp³-hybridized carbons (Fsp3) is 0.615. The van der Waals surface area contributed by atoms with Gasteiger partial charge >= 0.3 is 0 Å². The standard InChI is InChI=1S/C13H17N5/c1-2-4-10-7-18(6-9(10)3-1)13-11-5-16-17-12(11)14-8-15-13/h5,8-10H,1-4,6-7H2,(H,14,15,16,17). The first-order valence-corrected chi connectivity index (χ1v) is 6.81. The molecule has 0 radical (unpaired) electrons. The summed E-state index contributed by atoms with van der Waals surface area (Å²) in [6.45, 7) is 2.31. The van der Waals surface area contributed by atoms with E-state index in [2.05, 4.69) is 25.1 Å². The van der Waals surface area contributed by atoms with Gasteiger partial charge in [0.15, 0.2) is 5.65 Å². The third-order valence-corrected chi connectivity index (χ3v) is 4.50. The fourth-order valence-electron chi connectivity index (χ4n) is 3.58. The molecule has 2 unspecified atom stereocenters. The highest BCUT2D eigenvalue weighted by Gasteiger charge is 2.35. The molecule has 2 aromatic rings. The van der Waals surface area contributed by atoms with Crippen LogP contribution in [0.5, 0.6) is 0 Å². The van der Waals surface area contributed by atoms with Crippen LogP contribution in [0.2, 0.25) is 0 Å². The molecule has 4 rings (SSSR count). The lowest BCUT2D eigenvalue weighted by atomic mass is 9.82. The minimum atomic E-state index is 0.842. The summed E-state index contributed by atoms with van der Waals surface area (Å²) in [4.78, 5) is 11.1. The molecule has 0 aromatic carbocycles. The molecule has 5 heteroatoms. The number of nitrogens with one attached hydrogen (secondary N) is 1. The Morgan fingerprint density at radius 2 is 1.89 bits per heavy atom. The number of anilines is 1. The molecule has 0 spiro atoms. The zero-order valence-corrected chi connectivity index (χ0v) is 10.3. The van der Waals surface area contributed by atoms with Gasteiger partial charge in [-0.2, -0.15) is 5.10 Å². The predicted molar refractivity (Wildman–Crippen MR) is 69.3 cm³/mol. The zero-order valence-electron chi connectivity index (χ0n) is 10.3. The molecule has 0 bridgehead atoms. The van der Waals surface area contributed by atoms with Crippen molar-refractivity contribution in [1.82, 2.24) is 20.2 Å². The largest absolute Gasteiger partial charge is 0.355 e. The molecule has 18 heavy (non-hydrogen) atoms. The molecular weight excluding hydrogens is 226 g/mol. The van der Waals surface area contributed by atoms with Crippen LogP contribution in [-0.4, -0.2) is 33.3 Å². The van der Waals surface area contributed by atoms with E-state index in [1.807, 2.05) is 6.20 Å². The molecule has 0 amide bonds. The van der Waals surface area contributed by atoms with Crippen LogP contribution in [0.1, 0.15) is 25.7 Å². The molecule has 1 N–H and O–H groups in total. The Kier molecular flexibility index (Phi) is 2.25. The highest BCUT2D eigenvalue weighted by atomic mass is 15.2. The van der Waals surface area contributed by atoms with Crippen LogP contribution in [0.15, 0.2) is 12.5 Å². The summed E-state index contributed by atoms with van der Waals surface area (Å²) in [6.07, 6.45) is 9.06. The van der Waals surface area contributed by atoms with Crippen molar-refractivity contribution < 1.29 is 0 Å². The molecule has 5 nitrogen and oxygen atoms in total. The molecule has 3 heterocycles. The van der Waals surface area contributed by atoms with Gasteiger partial charge in [0.2, 0.25) is 0 Å². The van der Waals surface area contributed by atoms with Crippen LogP contribution < -0.4 is 4.90 Å². The van der Waals surface area contributed by atoms with Gasteiger partial charge in [-0.3, -0.25) is 5.10 Å². The van der Waals surface area contributed by atoms with Gasteiger partial charge in [0.1, 0.15) is 12.1 Å². The topological polar surface area (TPSA) is 57.7 Å². The Morgan fingerprint density at radius 1 is 1.11 bits per heavy atom. The molecule has 1 aliphatic carbocycles. The van der Waals surface area contributed by atoms with Crippen LogP contribution in [0.25, 0.3) is 11.0 Å². The molecular formula is C13H17N5. The van der Waals surface area contributed by atoms with Crippen molar-refractivity contribution in [2.45, 2.75) is 25.7 Å². The van der Waals surface area contributed by atoms with E-state index in [0.717, 1.165) is 41.8 Å². The second kappa shape index (κ2) is 3.93. The van der Waals surface area contributed by atoms with E-state index in [0.29, 0.717) is 0 Å². The number of hydrogen-bond acceptors (Lipinski definition) is 4. The molecule has 2 aromatic heterocycles.